The molecular weight excluding hydrogens is 448 g/mol. The van der Waals surface area contributed by atoms with E-state index in [2.05, 4.69) is 19.7 Å². The van der Waals surface area contributed by atoms with Crippen molar-refractivity contribution >= 4 is 38.8 Å². The largest absolute Gasteiger partial charge is 0.507 e. The van der Waals surface area contributed by atoms with Gasteiger partial charge in [0.1, 0.15) is 41.0 Å². The maximum absolute atomic E-state index is 12.3. The molecule has 0 amide bonds. The van der Waals surface area contributed by atoms with Crippen LogP contribution in [-0.2, 0) is 14.8 Å². The third-order valence-corrected chi connectivity index (χ3v) is 7.71. The van der Waals surface area contributed by atoms with Crippen LogP contribution in [0.5, 0.6) is 5.75 Å². The highest BCUT2D eigenvalue weighted by Gasteiger charge is 2.44. The minimum Gasteiger partial charge on any atom is -0.507 e. The number of nitrogens with zero attached hydrogens (tertiary/aromatic N) is 4. The first kappa shape index (κ1) is 21.7. The Morgan fingerprint density at radius 1 is 1.19 bits per heavy atom. The summed E-state index contributed by atoms with van der Waals surface area (Å²) in [6.45, 7) is -0.262. The van der Waals surface area contributed by atoms with Gasteiger partial charge in [-0.3, -0.25) is 4.57 Å². The molecule has 4 rings (SSSR count). The fraction of sp³-hybridized carbons (Fsp3) is 0.353. The number of aromatic nitrogens is 4. The third kappa shape index (κ3) is 4.44. The zero-order valence-electron chi connectivity index (χ0n) is 15.9. The minimum atomic E-state index is -3.76. The number of anilines is 1. The Balaban J connectivity index is 1.41. The van der Waals surface area contributed by atoms with Crippen LogP contribution < -0.4 is 10.5 Å². The Hall–Kier alpha value is -2.49. The summed E-state index contributed by atoms with van der Waals surface area (Å²) in [7, 11) is -3.76. The number of nitrogen functional groups attached to an aromatic ring is 1. The maximum atomic E-state index is 12.3. The number of para-hydroxylation sites is 1. The number of thioether (sulfide) groups is 1. The van der Waals surface area contributed by atoms with E-state index >= 15 is 0 Å². The summed E-state index contributed by atoms with van der Waals surface area (Å²) < 4.78 is 34.1. The number of aliphatic hydroxyl groups excluding tert-OH is 2. The zero-order valence-corrected chi connectivity index (χ0v) is 17.6. The van der Waals surface area contributed by atoms with Gasteiger partial charge in [-0.05, 0) is 12.1 Å². The number of hydrogen-bond acceptors (Lipinski definition) is 11. The van der Waals surface area contributed by atoms with Crippen molar-refractivity contribution in [2.45, 2.75) is 29.4 Å². The molecule has 0 bridgehead atoms. The van der Waals surface area contributed by atoms with Crippen LogP contribution in [0, 0.1) is 0 Å². The number of aliphatic hydroxyl groups is 2. The summed E-state index contributed by atoms with van der Waals surface area (Å²) in [6, 6.07) is 6.39. The van der Waals surface area contributed by atoms with Gasteiger partial charge in [0.2, 0.25) is 10.0 Å². The van der Waals surface area contributed by atoms with Crippen LogP contribution in [0.2, 0.25) is 0 Å². The normalized spacial score (nSPS) is 24.1. The van der Waals surface area contributed by atoms with Gasteiger partial charge < -0.3 is 25.8 Å². The van der Waals surface area contributed by atoms with Gasteiger partial charge in [0, 0.05) is 6.54 Å². The number of sulfonamides is 1. The first-order valence-corrected chi connectivity index (χ1v) is 11.7. The van der Waals surface area contributed by atoms with E-state index in [1.165, 1.54) is 23.3 Å². The van der Waals surface area contributed by atoms with E-state index in [-0.39, 0.29) is 23.2 Å². The van der Waals surface area contributed by atoms with Crippen molar-refractivity contribution < 1.29 is 28.5 Å². The first-order chi connectivity index (χ1) is 14.8. The van der Waals surface area contributed by atoms with Gasteiger partial charge in [0.05, 0.1) is 11.2 Å². The number of phenolic OH excluding ortho intramolecular Hbond substituents is 1. The average molecular weight is 469 g/mol. The Bertz CT molecular complexity index is 1190. The van der Waals surface area contributed by atoms with Crippen LogP contribution in [-0.4, -0.2) is 73.2 Å². The third-order valence-electron chi connectivity index (χ3n) is 4.74. The summed E-state index contributed by atoms with van der Waals surface area (Å²) in [4.78, 5) is 12.4. The first-order valence-electron chi connectivity index (χ1n) is 9.09. The molecule has 6 N–H and O–H groups in total. The molecule has 1 unspecified atom stereocenters. The molecule has 1 aliphatic rings. The number of ether oxygens (including phenoxy) is 1. The molecule has 1 aromatic carbocycles. The van der Waals surface area contributed by atoms with Crippen molar-refractivity contribution in [2.24, 2.45) is 0 Å². The van der Waals surface area contributed by atoms with Gasteiger partial charge in [0.25, 0.3) is 0 Å². The number of nitrogens with one attached hydrogen (secondary N) is 1. The number of hydrogen-bond donors (Lipinski definition) is 5. The van der Waals surface area contributed by atoms with Crippen molar-refractivity contribution in [3.63, 3.8) is 0 Å². The molecular formula is C17H20N6O6S2. The lowest BCUT2D eigenvalue weighted by atomic mass is 10.1. The summed E-state index contributed by atoms with van der Waals surface area (Å²) in [5.41, 5.74) is 6.39. The molecule has 12 nitrogen and oxygen atoms in total. The standard InChI is InChI=1S/C17H20N6O6S2/c18-15-12-16(20-6-19-15)23(7-21-12)17-14(26)13(25)10(29-17)5-22-31(27,28)8-30-11-4-2-1-3-9(11)24/h1-4,6-7,10,13-14,17,22,24-26H,5,8H2,(H2,18,19,20)/t10-,13+,14?,17-/m1/s1. The van der Waals surface area contributed by atoms with E-state index in [4.69, 9.17) is 10.5 Å². The second-order valence-electron chi connectivity index (χ2n) is 6.82. The predicted octanol–water partition coefficient (Wildman–Crippen LogP) is -0.598. The van der Waals surface area contributed by atoms with Crippen LogP contribution in [0.15, 0.2) is 41.8 Å². The van der Waals surface area contributed by atoms with Crippen molar-refractivity contribution in [1.29, 1.82) is 0 Å². The van der Waals surface area contributed by atoms with Crippen molar-refractivity contribution in [2.75, 3.05) is 17.4 Å². The second kappa shape index (κ2) is 8.57. The van der Waals surface area contributed by atoms with Crippen LogP contribution in [0.1, 0.15) is 6.23 Å². The number of aromatic hydroxyl groups is 1. The maximum Gasteiger partial charge on any atom is 0.221 e. The zero-order chi connectivity index (χ0) is 22.2. The molecule has 2 aromatic heterocycles. The average Bonchev–Trinajstić information content (AvgIpc) is 3.29. The number of phenols is 1. The Kier molecular flexibility index (Phi) is 6.00. The van der Waals surface area contributed by atoms with Crippen LogP contribution >= 0.6 is 11.8 Å². The molecule has 0 spiro atoms. The lowest BCUT2D eigenvalue weighted by molar-refractivity contribution is -0.0330. The summed E-state index contributed by atoms with van der Waals surface area (Å²) in [5, 5.41) is 30.2. The van der Waals surface area contributed by atoms with E-state index in [0.29, 0.717) is 16.1 Å². The summed E-state index contributed by atoms with van der Waals surface area (Å²) >= 11 is 0.948. The Labute approximate surface area is 181 Å². The van der Waals surface area contributed by atoms with Gasteiger partial charge in [0.15, 0.2) is 17.7 Å². The van der Waals surface area contributed by atoms with Crippen molar-refractivity contribution in [3.05, 3.63) is 36.9 Å². The van der Waals surface area contributed by atoms with Crippen molar-refractivity contribution in [3.8, 4) is 5.75 Å². The van der Waals surface area contributed by atoms with Crippen molar-refractivity contribution in [1.82, 2.24) is 24.2 Å². The Morgan fingerprint density at radius 3 is 2.74 bits per heavy atom. The molecule has 4 atom stereocenters. The molecule has 0 radical (unpaired) electrons. The quantitative estimate of drug-likeness (QED) is 0.279. The van der Waals surface area contributed by atoms with Gasteiger partial charge in [-0.1, -0.05) is 12.1 Å². The van der Waals surface area contributed by atoms with Crippen LogP contribution in [0.4, 0.5) is 5.82 Å². The predicted molar refractivity (Wildman–Crippen MR) is 111 cm³/mol. The molecule has 31 heavy (non-hydrogen) atoms. The number of rotatable bonds is 7. The van der Waals surface area contributed by atoms with E-state index in [9.17, 15) is 23.7 Å². The SMILES string of the molecule is Nc1ncnc2c1ncn2[C@@H]1O[C@H](CNS(=O)(=O)CSc2ccccc2O)[C@H](O)C1O. The molecule has 14 heteroatoms. The number of imidazole rings is 1. The van der Waals surface area contributed by atoms with E-state index in [1.807, 2.05) is 0 Å². The lowest BCUT2D eigenvalue weighted by Gasteiger charge is -2.16. The van der Waals surface area contributed by atoms with Crippen LogP contribution in [0.3, 0.4) is 0 Å². The van der Waals surface area contributed by atoms with E-state index in [0.717, 1.165) is 11.8 Å². The number of nitrogens with two attached hydrogens (primary N) is 1. The molecule has 1 fully saturated rings. The molecule has 0 saturated carbocycles. The van der Waals surface area contributed by atoms with Gasteiger partial charge in [-0.2, -0.15) is 0 Å². The van der Waals surface area contributed by atoms with Gasteiger partial charge in [-0.25, -0.2) is 28.1 Å². The summed E-state index contributed by atoms with van der Waals surface area (Å²) in [6.07, 6.45) is -2.16. The lowest BCUT2D eigenvalue weighted by Crippen LogP contribution is -2.40. The molecule has 3 aromatic rings. The fourth-order valence-electron chi connectivity index (χ4n) is 3.15. The monoisotopic (exact) mass is 468 g/mol. The van der Waals surface area contributed by atoms with Crippen LogP contribution in [0.25, 0.3) is 11.2 Å². The highest BCUT2D eigenvalue weighted by Crippen LogP contribution is 2.32. The highest BCUT2D eigenvalue weighted by atomic mass is 32.3. The molecule has 166 valence electrons. The molecule has 1 saturated heterocycles. The van der Waals surface area contributed by atoms with E-state index < -0.39 is 34.6 Å². The fourth-order valence-corrected chi connectivity index (χ4v) is 5.43. The van der Waals surface area contributed by atoms with Gasteiger partial charge >= 0.3 is 0 Å². The molecule has 3 heterocycles. The van der Waals surface area contributed by atoms with Gasteiger partial charge in [-0.15, -0.1) is 11.8 Å². The topological polar surface area (TPSA) is 186 Å². The second-order valence-corrected chi connectivity index (χ2v) is 10.0. The Morgan fingerprint density at radius 2 is 1.97 bits per heavy atom. The molecule has 1 aliphatic heterocycles. The minimum absolute atomic E-state index is 0.0137. The summed E-state index contributed by atoms with van der Waals surface area (Å²) in [5.74, 6) is 0.142. The number of benzene rings is 1. The number of fused-ring (bicyclic) bond motifs is 1. The highest BCUT2D eigenvalue weighted by molar-refractivity contribution is 8.11. The molecule has 0 aliphatic carbocycles. The smallest absolute Gasteiger partial charge is 0.221 e. The van der Waals surface area contributed by atoms with E-state index in [1.54, 1.807) is 18.2 Å².